The third-order valence-corrected chi connectivity index (χ3v) is 7.36. The molecule has 2 aliphatic heterocycles. The van der Waals surface area contributed by atoms with Gasteiger partial charge in [0.1, 0.15) is 0 Å². The van der Waals surface area contributed by atoms with Crippen LogP contribution in [0.4, 0.5) is 24.0 Å². The number of aromatic nitrogens is 2. The average Bonchev–Trinajstić information content (AvgIpc) is 3.43. The van der Waals surface area contributed by atoms with Crippen LogP contribution in [0.3, 0.4) is 0 Å². The van der Waals surface area contributed by atoms with Crippen molar-refractivity contribution in [2.24, 2.45) is 0 Å². The van der Waals surface area contributed by atoms with Crippen LogP contribution in [-0.4, -0.2) is 66.0 Å². The lowest BCUT2D eigenvalue weighted by atomic mass is 10.1. The third kappa shape index (κ3) is 5.00. The van der Waals surface area contributed by atoms with E-state index in [-0.39, 0.29) is 11.7 Å². The maximum absolute atomic E-state index is 12.9. The van der Waals surface area contributed by atoms with Crippen molar-refractivity contribution in [2.45, 2.75) is 23.4 Å². The summed E-state index contributed by atoms with van der Waals surface area (Å²) in [5.74, 6) is 0.305. The monoisotopic (exact) mass is 457 g/mol. The second kappa shape index (κ2) is 9.01. The number of anilines is 2. The highest BCUT2D eigenvalue weighted by Gasteiger charge is 2.31. The molecule has 6 nitrogen and oxygen atoms in total. The molecule has 2 aliphatic rings. The summed E-state index contributed by atoms with van der Waals surface area (Å²) in [7, 11) is 0. The molecule has 1 amide bonds. The number of alkyl halides is 3. The van der Waals surface area contributed by atoms with Gasteiger partial charge in [-0.2, -0.15) is 13.2 Å². The predicted molar refractivity (Wildman–Crippen MR) is 112 cm³/mol. The van der Waals surface area contributed by atoms with Gasteiger partial charge in [-0.05, 0) is 31.0 Å². The zero-order valence-corrected chi connectivity index (χ0v) is 17.9. The van der Waals surface area contributed by atoms with Gasteiger partial charge in [-0.3, -0.25) is 4.79 Å². The Morgan fingerprint density at radius 1 is 1.03 bits per heavy atom. The van der Waals surface area contributed by atoms with Crippen molar-refractivity contribution in [3.63, 3.8) is 0 Å². The van der Waals surface area contributed by atoms with E-state index in [4.69, 9.17) is 0 Å². The molecule has 11 heteroatoms. The van der Waals surface area contributed by atoms with Gasteiger partial charge in [0.05, 0.1) is 11.3 Å². The zero-order valence-electron chi connectivity index (χ0n) is 16.3. The van der Waals surface area contributed by atoms with Crippen LogP contribution >= 0.6 is 23.1 Å². The summed E-state index contributed by atoms with van der Waals surface area (Å²) >= 11 is 2.91. The second-order valence-electron chi connectivity index (χ2n) is 7.25. The summed E-state index contributed by atoms with van der Waals surface area (Å²) in [6, 6.07) is 5.34. The first kappa shape index (κ1) is 21.2. The highest BCUT2D eigenvalue weighted by Crippen LogP contribution is 2.32. The van der Waals surface area contributed by atoms with E-state index in [1.165, 1.54) is 48.1 Å². The molecule has 0 spiro atoms. The number of hydrogen-bond acceptors (Lipinski definition) is 7. The van der Waals surface area contributed by atoms with Crippen molar-refractivity contribution in [1.29, 1.82) is 0 Å². The van der Waals surface area contributed by atoms with Crippen molar-refractivity contribution in [3.05, 3.63) is 29.8 Å². The van der Waals surface area contributed by atoms with Crippen LogP contribution in [0.25, 0.3) is 0 Å². The molecule has 0 aliphatic carbocycles. The quantitative estimate of drug-likeness (QED) is 0.640. The molecule has 30 heavy (non-hydrogen) atoms. The summed E-state index contributed by atoms with van der Waals surface area (Å²) in [5, 5.41) is 9.31. The number of nitrogens with zero attached hydrogens (tertiary/aromatic N) is 5. The minimum Gasteiger partial charge on any atom is -0.368 e. The topological polar surface area (TPSA) is 52.6 Å². The summed E-state index contributed by atoms with van der Waals surface area (Å²) in [6.07, 6.45) is -2.01. The first-order valence-corrected chi connectivity index (χ1v) is 11.6. The van der Waals surface area contributed by atoms with E-state index in [0.717, 1.165) is 28.6 Å². The Balaban J connectivity index is 1.26. The summed E-state index contributed by atoms with van der Waals surface area (Å²) in [4.78, 5) is 18.4. The van der Waals surface area contributed by atoms with Crippen molar-refractivity contribution < 1.29 is 18.0 Å². The first-order valence-electron chi connectivity index (χ1n) is 9.81. The highest BCUT2D eigenvalue weighted by atomic mass is 32.2. The Morgan fingerprint density at radius 2 is 1.77 bits per heavy atom. The van der Waals surface area contributed by atoms with Gasteiger partial charge in [0.2, 0.25) is 11.0 Å². The molecule has 2 saturated heterocycles. The van der Waals surface area contributed by atoms with Crippen LogP contribution in [0.15, 0.2) is 28.6 Å². The van der Waals surface area contributed by atoms with Crippen LogP contribution in [-0.2, 0) is 11.0 Å². The normalized spacial score (nSPS) is 17.6. The number of halogens is 3. The van der Waals surface area contributed by atoms with E-state index in [0.29, 0.717) is 31.9 Å². The number of amides is 1. The Kier molecular flexibility index (Phi) is 6.37. The van der Waals surface area contributed by atoms with E-state index in [2.05, 4.69) is 15.1 Å². The highest BCUT2D eigenvalue weighted by molar-refractivity contribution is 8.01. The minimum atomic E-state index is -4.36. The van der Waals surface area contributed by atoms with Crippen molar-refractivity contribution >= 4 is 39.8 Å². The van der Waals surface area contributed by atoms with Gasteiger partial charge in [-0.1, -0.05) is 29.2 Å². The maximum atomic E-state index is 12.9. The molecule has 1 aromatic heterocycles. The summed E-state index contributed by atoms with van der Waals surface area (Å²) < 4.78 is 39.6. The van der Waals surface area contributed by atoms with Crippen molar-refractivity contribution in [1.82, 2.24) is 15.1 Å². The fourth-order valence-electron chi connectivity index (χ4n) is 3.60. The number of rotatable bonds is 5. The Bertz CT molecular complexity index is 877. The van der Waals surface area contributed by atoms with E-state index in [9.17, 15) is 18.0 Å². The zero-order chi connectivity index (χ0) is 21.1. The van der Waals surface area contributed by atoms with E-state index >= 15 is 0 Å². The molecule has 4 rings (SSSR count). The minimum absolute atomic E-state index is 0.0154. The predicted octanol–water partition coefficient (Wildman–Crippen LogP) is 3.60. The maximum Gasteiger partial charge on any atom is 0.416 e. The van der Waals surface area contributed by atoms with Gasteiger partial charge in [-0.25, -0.2) is 0 Å². The molecule has 162 valence electrons. The molecule has 0 atom stereocenters. The molecule has 2 aromatic rings. The van der Waals surface area contributed by atoms with Gasteiger partial charge in [0.15, 0.2) is 4.34 Å². The largest absolute Gasteiger partial charge is 0.416 e. The van der Waals surface area contributed by atoms with Crippen LogP contribution in [0.1, 0.15) is 18.4 Å². The fourth-order valence-corrected chi connectivity index (χ4v) is 5.40. The summed E-state index contributed by atoms with van der Waals surface area (Å²) in [6.45, 7) is 4.02. The van der Waals surface area contributed by atoms with Crippen molar-refractivity contribution in [2.75, 3.05) is 54.8 Å². The lowest BCUT2D eigenvalue weighted by molar-refractivity contribution is -0.137. The standard InChI is InChI=1S/C19H22F3N5OS2/c20-19(21,22)14-4-3-5-15(12-14)25-8-10-26(11-9-25)16(28)13-29-18-24-23-17(30-18)27-6-1-2-7-27/h3-5,12H,1-2,6-11,13H2. The van der Waals surface area contributed by atoms with E-state index in [1.807, 2.05) is 4.90 Å². The lowest BCUT2D eigenvalue weighted by Crippen LogP contribution is -2.49. The van der Waals surface area contributed by atoms with Gasteiger partial charge in [-0.15, -0.1) is 10.2 Å². The number of hydrogen-bond donors (Lipinski definition) is 0. The van der Waals surface area contributed by atoms with Crippen LogP contribution in [0.5, 0.6) is 0 Å². The molecule has 0 radical (unpaired) electrons. The summed E-state index contributed by atoms with van der Waals surface area (Å²) in [5.41, 5.74) is -0.116. The van der Waals surface area contributed by atoms with Crippen molar-refractivity contribution in [3.8, 4) is 0 Å². The van der Waals surface area contributed by atoms with Crippen LogP contribution < -0.4 is 9.80 Å². The van der Waals surface area contributed by atoms with E-state index in [1.54, 1.807) is 11.0 Å². The second-order valence-corrected chi connectivity index (χ2v) is 9.43. The molecule has 1 aromatic carbocycles. The number of carbonyl (C=O) groups is 1. The Labute approximate surface area is 181 Å². The molecule has 0 N–H and O–H groups in total. The van der Waals surface area contributed by atoms with Gasteiger partial charge >= 0.3 is 6.18 Å². The average molecular weight is 458 g/mol. The Hall–Kier alpha value is -2.01. The molecular weight excluding hydrogens is 435 g/mol. The fraction of sp³-hybridized carbons (Fsp3) is 0.526. The molecular formula is C19H22F3N5OS2. The first-order chi connectivity index (χ1) is 14.4. The smallest absolute Gasteiger partial charge is 0.368 e. The molecule has 2 fully saturated rings. The van der Waals surface area contributed by atoms with E-state index < -0.39 is 11.7 Å². The SMILES string of the molecule is O=C(CSc1nnc(N2CCCC2)s1)N1CCN(c2cccc(C(F)(F)F)c2)CC1. The molecule has 0 bridgehead atoms. The number of carbonyl (C=O) groups excluding carboxylic acids is 1. The molecule has 0 unspecified atom stereocenters. The Morgan fingerprint density at radius 3 is 2.47 bits per heavy atom. The lowest BCUT2D eigenvalue weighted by Gasteiger charge is -2.36. The van der Waals surface area contributed by atoms with Gasteiger partial charge in [0, 0.05) is 45.0 Å². The third-order valence-electron chi connectivity index (χ3n) is 5.26. The molecule has 3 heterocycles. The van der Waals surface area contributed by atoms with Gasteiger partial charge in [0.25, 0.3) is 0 Å². The number of piperazine rings is 1. The van der Waals surface area contributed by atoms with Gasteiger partial charge < -0.3 is 14.7 Å². The number of benzene rings is 1. The van der Waals surface area contributed by atoms with Crippen LogP contribution in [0, 0.1) is 0 Å². The van der Waals surface area contributed by atoms with Crippen LogP contribution in [0.2, 0.25) is 0 Å². The number of thioether (sulfide) groups is 1. The molecule has 0 saturated carbocycles.